The van der Waals surface area contributed by atoms with Crippen LogP contribution in [0.15, 0.2) is 83.8 Å². The number of hydrogen-bond donors (Lipinski definition) is 2. The van der Waals surface area contributed by atoms with E-state index in [1.807, 2.05) is 0 Å². The summed E-state index contributed by atoms with van der Waals surface area (Å²) in [4.78, 5) is 25.9. The number of nitrogens with one attached hydrogen (secondary N) is 2. The highest BCUT2D eigenvalue weighted by atomic mass is 32.2. The zero-order chi connectivity index (χ0) is 26.7. The Morgan fingerprint density at radius 2 is 1.59 bits per heavy atom. The summed E-state index contributed by atoms with van der Waals surface area (Å²) in [5, 5.41) is 5.49. The molecule has 0 saturated carbocycles. The number of hydrogen-bond acceptors (Lipinski definition) is 6. The van der Waals surface area contributed by atoms with Crippen LogP contribution >= 0.6 is 0 Å². The second-order valence-corrected chi connectivity index (χ2v) is 9.78. The van der Waals surface area contributed by atoms with Gasteiger partial charge in [-0.15, -0.1) is 0 Å². The molecule has 3 rings (SSSR count). The minimum Gasteiger partial charge on any atom is -0.492 e. The zero-order valence-corrected chi connectivity index (χ0v) is 21.7. The highest BCUT2D eigenvalue weighted by Gasteiger charge is 2.29. The molecule has 0 fully saturated rings. The van der Waals surface area contributed by atoms with Crippen molar-refractivity contribution in [1.29, 1.82) is 0 Å². The smallest absolute Gasteiger partial charge is 0.264 e. The Bertz CT molecular complexity index is 1300. The maximum absolute atomic E-state index is 13.6. The summed E-state index contributed by atoms with van der Waals surface area (Å²) in [6, 6.07) is 21.0. The van der Waals surface area contributed by atoms with E-state index in [0.717, 1.165) is 4.31 Å². The molecule has 0 heterocycles. The average Bonchev–Trinajstić information content (AvgIpc) is 2.91. The molecule has 0 aliphatic carbocycles. The van der Waals surface area contributed by atoms with E-state index in [9.17, 15) is 18.0 Å². The van der Waals surface area contributed by atoms with Crippen LogP contribution in [0.5, 0.6) is 5.75 Å². The molecule has 0 aromatic heterocycles. The molecule has 0 aliphatic rings. The lowest BCUT2D eigenvalue weighted by atomic mass is 10.1. The Balaban J connectivity index is 1.89. The third-order valence-corrected chi connectivity index (χ3v) is 7.08. The standard InChI is InChI=1S/C27H31N3O6S/c1-3-36-25-17-10-9-16-24(25)30(37(33,34)21-12-5-4-6-13-21)20-26(31)29-23-15-8-7-14-22(23)27(32)28-18-11-19-35-2/h4-10,12-17H,3,11,18-20H2,1-2H3,(H,28,32)(H,29,31). The van der Waals surface area contributed by atoms with Gasteiger partial charge in [-0.25, -0.2) is 8.42 Å². The fraction of sp³-hybridized carbons (Fsp3) is 0.259. The number of methoxy groups -OCH3 is 1. The van der Waals surface area contributed by atoms with Crippen LogP contribution in [0.2, 0.25) is 0 Å². The Hall–Kier alpha value is -3.89. The van der Waals surface area contributed by atoms with Gasteiger partial charge >= 0.3 is 0 Å². The monoisotopic (exact) mass is 525 g/mol. The molecule has 10 heteroatoms. The summed E-state index contributed by atoms with van der Waals surface area (Å²) in [6.45, 7) is 2.48. The number of rotatable bonds is 13. The Morgan fingerprint density at radius 3 is 2.32 bits per heavy atom. The number of sulfonamides is 1. The third-order valence-electron chi connectivity index (χ3n) is 5.31. The lowest BCUT2D eigenvalue weighted by Gasteiger charge is -2.26. The van der Waals surface area contributed by atoms with Crippen molar-refractivity contribution in [3.05, 3.63) is 84.4 Å². The summed E-state index contributed by atoms with van der Waals surface area (Å²) >= 11 is 0. The van der Waals surface area contributed by atoms with Gasteiger partial charge in [0.2, 0.25) is 5.91 Å². The van der Waals surface area contributed by atoms with Crippen molar-refractivity contribution in [1.82, 2.24) is 5.32 Å². The van der Waals surface area contributed by atoms with Crippen molar-refractivity contribution in [3.8, 4) is 5.75 Å². The summed E-state index contributed by atoms with van der Waals surface area (Å²) in [7, 11) is -2.54. The second-order valence-electron chi connectivity index (χ2n) is 7.92. The molecule has 0 aliphatic heterocycles. The van der Waals surface area contributed by atoms with Crippen molar-refractivity contribution in [2.75, 3.05) is 43.0 Å². The number of para-hydroxylation sites is 3. The summed E-state index contributed by atoms with van der Waals surface area (Å²) in [5.41, 5.74) is 0.764. The Kier molecular flexibility index (Phi) is 10.0. The van der Waals surface area contributed by atoms with Gasteiger partial charge in [0.15, 0.2) is 0 Å². The van der Waals surface area contributed by atoms with Crippen molar-refractivity contribution < 1.29 is 27.5 Å². The largest absolute Gasteiger partial charge is 0.492 e. The van der Waals surface area contributed by atoms with Gasteiger partial charge in [-0.1, -0.05) is 42.5 Å². The predicted octanol–water partition coefficient (Wildman–Crippen LogP) is 3.69. The first kappa shape index (κ1) is 27.7. The maximum Gasteiger partial charge on any atom is 0.264 e. The van der Waals surface area contributed by atoms with Gasteiger partial charge in [0.05, 0.1) is 28.4 Å². The predicted molar refractivity (Wildman–Crippen MR) is 142 cm³/mol. The first-order chi connectivity index (χ1) is 17.9. The topological polar surface area (TPSA) is 114 Å². The summed E-state index contributed by atoms with van der Waals surface area (Å²) < 4.78 is 38.9. The number of amides is 2. The average molecular weight is 526 g/mol. The van der Waals surface area contributed by atoms with Crippen LogP contribution in [-0.4, -0.2) is 53.6 Å². The molecular formula is C27H31N3O6S. The molecule has 37 heavy (non-hydrogen) atoms. The first-order valence-electron chi connectivity index (χ1n) is 11.8. The van der Waals surface area contributed by atoms with E-state index in [0.29, 0.717) is 31.9 Å². The molecule has 2 amide bonds. The van der Waals surface area contributed by atoms with Gasteiger partial charge in [-0.3, -0.25) is 13.9 Å². The minimum absolute atomic E-state index is 0.0324. The fourth-order valence-corrected chi connectivity index (χ4v) is 5.04. The van der Waals surface area contributed by atoms with Crippen molar-refractivity contribution >= 4 is 33.2 Å². The maximum atomic E-state index is 13.6. The lowest BCUT2D eigenvalue weighted by molar-refractivity contribution is -0.114. The van der Waals surface area contributed by atoms with E-state index in [1.165, 1.54) is 12.1 Å². The van der Waals surface area contributed by atoms with Crippen LogP contribution in [0.3, 0.4) is 0 Å². The third kappa shape index (κ3) is 7.31. The SMILES string of the molecule is CCOc1ccccc1N(CC(=O)Nc1ccccc1C(=O)NCCCOC)S(=O)(=O)c1ccccc1. The number of carbonyl (C=O) groups excluding carboxylic acids is 2. The zero-order valence-electron chi connectivity index (χ0n) is 20.8. The number of benzene rings is 3. The molecule has 0 saturated heterocycles. The van der Waals surface area contributed by atoms with E-state index in [2.05, 4.69) is 10.6 Å². The van der Waals surface area contributed by atoms with Gasteiger partial charge in [-0.2, -0.15) is 0 Å². The molecule has 2 N–H and O–H groups in total. The van der Waals surface area contributed by atoms with Crippen molar-refractivity contribution in [3.63, 3.8) is 0 Å². The number of nitrogens with zero attached hydrogens (tertiary/aromatic N) is 1. The molecule has 3 aromatic rings. The molecule has 9 nitrogen and oxygen atoms in total. The molecule has 3 aromatic carbocycles. The molecular weight excluding hydrogens is 494 g/mol. The summed E-state index contributed by atoms with van der Waals surface area (Å²) in [6.07, 6.45) is 0.641. The number of ether oxygens (including phenoxy) is 2. The normalized spacial score (nSPS) is 11.0. The Morgan fingerprint density at radius 1 is 0.919 bits per heavy atom. The van der Waals surface area contributed by atoms with Crippen LogP contribution in [0, 0.1) is 0 Å². The van der Waals surface area contributed by atoms with Gasteiger partial charge in [0.25, 0.3) is 15.9 Å². The van der Waals surface area contributed by atoms with Gasteiger partial charge < -0.3 is 20.1 Å². The van der Waals surface area contributed by atoms with Crippen LogP contribution < -0.4 is 19.7 Å². The summed E-state index contributed by atoms with van der Waals surface area (Å²) in [5.74, 6) is -0.652. The highest BCUT2D eigenvalue weighted by Crippen LogP contribution is 2.32. The molecule has 0 atom stereocenters. The van der Waals surface area contributed by atoms with Gasteiger partial charge in [0, 0.05) is 20.3 Å². The van der Waals surface area contributed by atoms with Crippen LogP contribution in [0.1, 0.15) is 23.7 Å². The quantitative estimate of drug-likeness (QED) is 0.329. The number of carbonyl (C=O) groups is 2. The second kappa shape index (κ2) is 13.4. The first-order valence-corrected chi connectivity index (χ1v) is 13.3. The fourth-order valence-electron chi connectivity index (χ4n) is 3.58. The van der Waals surface area contributed by atoms with E-state index >= 15 is 0 Å². The highest BCUT2D eigenvalue weighted by molar-refractivity contribution is 7.92. The molecule has 0 radical (unpaired) electrons. The molecule has 0 bridgehead atoms. The van der Waals surface area contributed by atoms with Crippen molar-refractivity contribution in [2.24, 2.45) is 0 Å². The van der Waals surface area contributed by atoms with E-state index < -0.39 is 22.5 Å². The molecule has 0 spiro atoms. The van der Waals surface area contributed by atoms with Crippen molar-refractivity contribution in [2.45, 2.75) is 18.2 Å². The van der Waals surface area contributed by atoms with Crippen LogP contribution in [0.25, 0.3) is 0 Å². The molecule has 196 valence electrons. The van der Waals surface area contributed by atoms with E-state index in [4.69, 9.17) is 9.47 Å². The lowest BCUT2D eigenvalue weighted by Crippen LogP contribution is -2.38. The van der Waals surface area contributed by atoms with E-state index in [1.54, 1.807) is 80.8 Å². The number of anilines is 2. The van der Waals surface area contributed by atoms with Crippen LogP contribution in [-0.2, 0) is 19.6 Å². The van der Waals surface area contributed by atoms with E-state index in [-0.39, 0.29) is 27.7 Å². The molecule has 0 unspecified atom stereocenters. The Labute approximate surface area is 217 Å². The minimum atomic E-state index is -4.12. The van der Waals surface area contributed by atoms with Gasteiger partial charge in [0.1, 0.15) is 12.3 Å². The van der Waals surface area contributed by atoms with Gasteiger partial charge in [-0.05, 0) is 49.7 Å². The van der Waals surface area contributed by atoms with Crippen LogP contribution in [0.4, 0.5) is 11.4 Å².